The fraction of sp³-hybridized carbons (Fsp3) is 0.800. The lowest BCUT2D eigenvalue weighted by Crippen LogP contribution is -2.26. The summed E-state index contributed by atoms with van der Waals surface area (Å²) >= 11 is 1.80. The summed E-state index contributed by atoms with van der Waals surface area (Å²) in [5.74, 6) is 0. The largest absolute Gasteiger partial charge is 0.378 e. The molecule has 4 heteroatoms. The molecule has 2 rings (SSSR count). The summed E-state index contributed by atoms with van der Waals surface area (Å²) in [6.07, 6.45) is 5.41. The summed E-state index contributed by atoms with van der Waals surface area (Å²) in [5, 5.41) is 4.79. The molecule has 1 N–H and O–H groups in total. The van der Waals surface area contributed by atoms with Crippen molar-refractivity contribution in [2.45, 2.75) is 71.1 Å². The third-order valence-corrected chi connectivity index (χ3v) is 4.66. The van der Waals surface area contributed by atoms with Gasteiger partial charge in [-0.25, -0.2) is 4.98 Å². The Morgan fingerprint density at radius 2 is 2.00 bits per heavy atom. The SMILES string of the molecule is COCc1nc(C(C)(C)C)c(CNC2CCCC2)s1. The molecule has 1 aromatic heterocycles. The van der Waals surface area contributed by atoms with Crippen molar-refractivity contribution in [2.75, 3.05) is 7.11 Å². The molecule has 1 heterocycles. The molecular weight excluding hydrogens is 256 g/mol. The number of hydrogen-bond acceptors (Lipinski definition) is 4. The van der Waals surface area contributed by atoms with Gasteiger partial charge in [0.25, 0.3) is 0 Å². The third-order valence-electron chi connectivity index (χ3n) is 3.63. The summed E-state index contributed by atoms with van der Waals surface area (Å²) in [7, 11) is 1.73. The van der Waals surface area contributed by atoms with Gasteiger partial charge in [-0.15, -0.1) is 11.3 Å². The van der Waals surface area contributed by atoms with Gasteiger partial charge in [0, 0.05) is 30.0 Å². The summed E-state index contributed by atoms with van der Waals surface area (Å²) in [4.78, 5) is 6.15. The lowest BCUT2D eigenvalue weighted by atomic mass is 9.91. The van der Waals surface area contributed by atoms with Crippen LogP contribution in [0, 0.1) is 0 Å². The lowest BCUT2D eigenvalue weighted by Gasteiger charge is -2.19. The van der Waals surface area contributed by atoms with Crippen LogP contribution in [0.3, 0.4) is 0 Å². The van der Waals surface area contributed by atoms with Crippen LogP contribution in [0.5, 0.6) is 0 Å². The van der Waals surface area contributed by atoms with E-state index in [1.807, 2.05) is 0 Å². The van der Waals surface area contributed by atoms with Gasteiger partial charge < -0.3 is 10.1 Å². The maximum Gasteiger partial charge on any atom is 0.119 e. The van der Waals surface area contributed by atoms with Gasteiger partial charge in [0.2, 0.25) is 0 Å². The number of nitrogens with one attached hydrogen (secondary N) is 1. The smallest absolute Gasteiger partial charge is 0.119 e. The van der Waals surface area contributed by atoms with Crippen molar-refractivity contribution in [1.29, 1.82) is 0 Å². The van der Waals surface area contributed by atoms with E-state index in [1.165, 1.54) is 36.3 Å². The molecule has 1 aliphatic rings. The first kappa shape index (κ1) is 14.9. The molecule has 0 saturated heterocycles. The Labute approximate surface area is 120 Å². The summed E-state index contributed by atoms with van der Waals surface area (Å²) in [6.45, 7) is 8.28. The Morgan fingerprint density at radius 1 is 1.32 bits per heavy atom. The molecule has 0 atom stereocenters. The summed E-state index contributed by atoms with van der Waals surface area (Å²) < 4.78 is 5.21. The zero-order valence-electron chi connectivity index (χ0n) is 12.6. The molecule has 1 saturated carbocycles. The molecule has 0 aliphatic heterocycles. The average Bonchev–Trinajstić information content (AvgIpc) is 2.94. The Hall–Kier alpha value is -0.450. The molecule has 0 aromatic carbocycles. The van der Waals surface area contributed by atoms with Gasteiger partial charge in [0.15, 0.2) is 0 Å². The van der Waals surface area contributed by atoms with E-state index in [0.29, 0.717) is 12.6 Å². The number of nitrogens with zero attached hydrogens (tertiary/aromatic N) is 1. The van der Waals surface area contributed by atoms with Gasteiger partial charge in [-0.3, -0.25) is 0 Å². The molecule has 1 aromatic rings. The fourth-order valence-electron chi connectivity index (χ4n) is 2.66. The van der Waals surface area contributed by atoms with Crippen LogP contribution < -0.4 is 5.32 Å². The average molecular weight is 282 g/mol. The van der Waals surface area contributed by atoms with Gasteiger partial charge in [-0.2, -0.15) is 0 Å². The normalized spacial score (nSPS) is 17.3. The third kappa shape index (κ3) is 4.01. The van der Waals surface area contributed by atoms with Gasteiger partial charge in [-0.05, 0) is 12.8 Å². The Kier molecular flexibility index (Phi) is 4.98. The molecule has 0 bridgehead atoms. The van der Waals surface area contributed by atoms with E-state index in [2.05, 4.69) is 26.1 Å². The molecule has 1 aliphatic carbocycles. The van der Waals surface area contributed by atoms with E-state index >= 15 is 0 Å². The van der Waals surface area contributed by atoms with Crippen LogP contribution in [-0.4, -0.2) is 18.1 Å². The molecule has 0 spiro atoms. The molecule has 3 nitrogen and oxygen atoms in total. The second-order valence-electron chi connectivity index (χ2n) is 6.42. The van der Waals surface area contributed by atoms with Crippen LogP contribution >= 0.6 is 11.3 Å². The van der Waals surface area contributed by atoms with Crippen molar-refractivity contribution < 1.29 is 4.74 Å². The zero-order chi connectivity index (χ0) is 13.9. The van der Waals surface area contributed by atoms with E-state index in [-0.39, 0.29) is 5.41 Å². The van der Waals surface area contributed by atoms with Crippen LogP contribution in [0.2, 0.25) is 0 Å². The van der Waals surface area contributed by atoms with Crippen molar-refractivity contribution >= 4 is 11.3 Å². The molecule has 0 unspecified atom stereocenters. The maximum absolute atomic E-state index is 5.21. The van der Waals surface area contributed by atoms with Crippen molar-refractivity contribution in [3.8, 4) is 0 Å². The second kappa shape index (κ2) is 6.33. The van der Waals surface area contributed by atoms with Crippen LogP contribution in [0.15, 0.2) is 0 Å². The Balaban J connectivity index is 2.07. The van der Waals surface area contributed by atoms with Gasteiger partial charge >= 0.3 is 0 Å². The first-order chi connectivity index (χ1) is 9.00. The first-order valence-corrected chi connectivity index (χ1v) is 8.03. The Morgan fingerprint density at radius 3 is 2.58 bits per heavy atom. The van der Waals surface area contributed by atoms with Crippen LogP contribution in [0.4, 0.5) is 0 Å². The predicted molar refractivity (Wildman–Crippen MR) is 80.6 cm³/mol. The van der Waals surface area contributed by atoms with Crippen LogP contribution in [-0.2, 0) is 23.3 Å². The monoisotopic (exact) mass is 282 g/mol. The highest BCUT2D eigenvalue weighted by Gasteiger charge is 2.24. The van der Waals surface area contributed by atoms with Crippen molar-refractivity contribution in [3.63, 3.8) is 0 Å². The number of aromatic nitrogens is 1. The molecular formula is C15H26N2OS. The van der Waals surface area contributed by atoms with E-state index in [4.69, 9.17) is 9.72 Å². The van der Waals surface area contributed by atoms with Crippen LogP contribution in [0.1, 0.15) is 62.0 Å². The Bertz CT molecular complexity index is 403. The summed E-state index contributed by atoms with van der Waals surface area (Å²) in [6, 6.07) is 0.709. The van der Waals surface area contributed by atoms with E-state index in [0.717, 1.165) is 11.6 Å². The minimum absolute atomic E-state index is 0.106. The highest BCUT2D eigenvalue weighted by atomic mass is 32.1. The number of thiazole rings is 1. The number of ether oxygens (including phenoxy) is 1. The lowest BCUT2D eigenvalue weighted by molar-refractivity contribution is 0.184. The van der Waals surface area contributed by atoms with Crippen molar-refractivity contribution in [1.82, 2.24) is 10.3 Å². The minimum Gasteiger partial charge on any atom is -0.378 e. The zero-order valence-corrected chi connectivity index (χ0v) is 13.4. The number of methoxy groups -OCH3 is 1. The summed E-state index contributed by atoms with van der Waals surface area (Å²) in [5.41, 5.74) is 1.34. The predicted octanol–water partition coefficient (Wildman–Crippen LogP) is 3.62. The molecule has 0 amide bonds. The topological polar surface area (TPSA) is 34.1 Å². The molecule has 19 heavy (non-hydrogen) atoms. The minimum atomic E-state index is 0.106. The molecule has 0 radical (unpaired) electrons. The van der Waals surface area contributed by atoms with Crippen molar-refractivity contribution in [3.05, 3.63) is 15.6 Å². The van der Waals surface area contributed by atoms with E-state index in [9.17, 15) is 0 Å². The number of hydrogen-bond donors (Lipinski definition) is 1. The first-order valence-electron chi connectivity index (χ1n) is 7.22. The second-order valence-corrected chi connectivity index (χ2v) is 7.59. The molecule has 108 valence electrons. The van der Waals surface area contributed by atoms with Gasteiger partial charge in [0.05, 0.1) is 12.3 Å². The quantitative estimate of drug-likeness (QED) is 0.895. The maximum atomic E-state index is 5.21. The fourth-order valence-corrected chi connectivity index (χ4v) is 3.86. The van der Waals surface area contributed by atoms with E-state index in [1.54, 1.807) is 18.4 Å². The molecule has 1 fully saturated rings. The van der Waals surface area contributed by atoms with Crippen LogP contribution in [0.25, 0.3) is 0 Å². The van der Waals surface area contributed by atoms with Gasteiger partial charge in [-0.1, -0.05) is 33.6 Å². The highest BCUT2D eigenvalue weighted by Crippen LogP contribution is 2.30. The number of rotatable bonds is 5. The standard InChI is InChI=1S/C15H26N2OS/c1-15(2,3)14-12(19-13(17-14)10-18-4)9-16-11-7-5-6-8-11/h11,16H,5-10H2,1-4H3. The van der Waals surface area contributed by atoms with Gasteiger partial charge in [0.1, 0.15) is 5.01 Å². The highest BCUT2D eigenvalue weighted by molar-refractivity contribution is 7.11. The van der Waals surface area contributed by atoms with E-state index < -0.39 is 0 Å². The van der Waals surface area contributed by atoms with Crippen molar-refractivity contribution in [2.24, 2.45) is 0 Å².